The fraction of sp³-hybridized carbons (Fsp3) is 0.433. The third-order valence-electron chi connectivity index (χ3n) is 7.72. The van der Waals surface area contributed by atoms with Crippen LogP contribution in [-0.4, -0.2) is 78.7 Å². The molecule has 2 aromatic carbocycles. The number of nitrogens with one attached hydrogen (secondary N) is 2. The summed E-state index contributed by atoms with van der Waals surface area (Å²) >= 11 is 0. The highest BCUT2D eigenvalue weighted by atomic mass is 32.2. The fourth-order valence-electron chi connectivity index (χ4n) is 5.11. The summed E-state index contributed by atoms with van der Waals surface area (Å²) in [6.45, 7) is 6.31. The van der Waals surface area contributed by atoms with Gasteiger partial charge in [0.1, 0.15) is 22.4 Å². The molecule has 2 heterocycles. The van der Waals surface area contributed by atoms with Gasteiger partial charge in [0, 0.05) is 36.4 Å². The van der Waals surface area contributed by atoms with Crippen LogP contribution < -0.4 is 15.4 Å². The summed E-state index contributed by atoms with van der Waals surface area (Å²) < 4.78 is 78.1. The van der Waals surface area contributed by atoms with Gasteiger partial charge in [0.2, 0.25) is 15.9 Å². The predicted octanol–water partition coefficient (Wildman–Crippen LogP) is 4.42. The number of ether oxygens (including phenoxy) is 1. The number of aryl methyl sites for hydroxylation is 2. The number of hydrogen-bond donors (Lipinski definition) is 3. The number of aliphatic hydroxyl groups excluding tert-OH is 1. The van der Waals surface area contributed by atoms with Crippen molar-refractivity contribution in [3.05, 3.63) is 65.0 Å². The lowest BCUT2D eigenvalue weighted by Crippen LogP contribution is -2.48. The van der Waals surface area contributed by atoms with Crippen LogP contribution in [0.5, 0.6) is 5.75 Å². The number of nitrogens with zero attached hydrogens (tertiary/aromatic N) is 3. The Hall–Kier alpha value is -4.15. The first-order valence-corrected chi connectivity index (χ1v) is 15.8. The first-order chi connectivity index (χ1) is 21.5. The summed E-state index contributed by atoms with van der Waals surface area (Å²) in [5.41, 5.74) is 0.151. The van der Waals surface area contributed by atoms with Gasteiger partial charge in [-0.1, -0.05) is 12.1 Å². The summed E-state index contributed by atoms with van der Waals surface area (Å²) in [7, 11) is -2.61. The Morgan fingerprint density at radius 2 is 1.78 bits per heavy atom. The van der Waals surface area contributed by atoms with E-state index < -0.39 is 45.9 Å². The van der Waals surface area contributed by atoms with Crippen molar-refractivity contribution in [2.45, 2.75) is 57.3 Å². The number of carbonyl (C=O) groups excluding carboxylic acids is 2. The Kier molecular flexibility index (Phi) is 10.3. The van der Waals surface area contributed by atoms with Crippen molar-refractivity contribution in [3.63, 3.8) is 0 Å². The quantitative estimate of drug-likeness (QED) is 0.319. The van der Waals surface area contributed by atoms with Crippen LogP contribution in [0.2, 0.25) is 0 Å². The summed E-state index contributed by atoms with van der Waals surface area (Å²) in [4.78, 5) is 27.6. The molecule has 0 unspecified atom stereocenters. The van der Waals surface area contributed by atoms with E-state index in [9.17, 15) is 36.3 Å². The molecular weight excluding hydrogens is 631 g/mol. The standard InChI is InChI=1S/C30H36F3N5O7S/c1-17-14-38(18(2)16-39)27(40)13-21-12-24(35-29(41)34-23-8-6-22(7-9-23)30(31,32)33)10-11-25(21)44-26(17)15-37(5)46(42,43)28-19(3)36-45-20(28)4/h6-12,17-18,26,39H,13-16H2,1-5H3,(H2,34,35,41)/t17-,18-,26+/m1/s1. The molecule has 4 rings (SSSR count). The largest absolute Gasteiger partial charge is 0.488 e. The van der Waals surface area contributed by atoms with E-state index >= 15 is 0 Å². The maximum absolute atomic E-state index is 13.5. The number of rotatable bonds is 8. The molecule has 1 aliphatic rings. The van der Waals surface area contributed by atoms with E-state index in [2.05, 4.69) is 15.8 Å². The minimum absolute atomic E-state index is 0.0397. The highest BCUT2D eigenvalue weighted by Gasteiger charge is 2.35. The second-order valence-corrected chi connectivity index (χ2v) is 13.3. The lowest BCUT2D eigenvalue weighted by molar-refractivity contribution is -0.137. The molecule has 0 radical (unpaired) electrons. The van der Waals surface area contributed by atoms with E-state index in [4.69, 9.17) is 9.26 Å². The maximum atomic E-state index is 13.5. The normalized spacial score (nSPS) is 18.2. The minimum Gasteiger partial charge on any atom is -0.488 e. The van der Waals surface area contributed by atoms with Crippen LogP contribution >= 0.6 is 0 Å². The predicted molar refractivity (Wildman–Crippen MR) is 162 cm³/mol. The lowest BCUT2D eigenvalue weighted by atomic mass is 10.0. The topological polar surface area (TPSA) is 154 Å². The molecule has 1 aromatic heterocycles. The average molecular weight is 668 g/mol. The number of alkyl halides is 3. The maximum Gasteiger partial charge on any atom is 0.416 e. The third-order valence-corrected chi connectivity index (χ3v) is 9.79. The zero-order valence-corrected chi connectivity index (χ0v) is 26.7. The SMILES string of the molecule is Cc1noc(C)c1S(=O)(=O)N(C)C[C@@H]1Oc2ccc(NC(=O)Nc3ccc(C(F)(F)F)cc3)cc2CC(=O)N([C@H](C)CO)C[C@H]1C. The molecule has 3 atom stereocenters. The Morgan fingerprint density at radius 1 is 1.15 bits per heavy atom. The lowest BCUT2D eigenvalue weighted by Gasteiger charge is -2.33. The molecule has 250 valence electrons. The molecule has 3 amide bonds. The highest BCUT2D eigenvalue weighted by Crippen LogP contribution is 2.32. The number of aliphatic hydroxyl groups is 1. The van der Waals surface area contributed by atoms with E-state index in [0.29, 0.717) is 11.3 Å². The molecular formula is C30H36F3N5O7S. The molecule has 0 bridgehead atoms. The van der Waals surface area contributed by atoms with Crippen molar-refractivity contribution >= 4 is 33.3 Å². The van der Waals surface area contributed by atoms with E-state index in [-0.39, 0.29) is 59.7 Å². The van der Waals surface area contributed by atoms with Gasteiger partial charge in [0.25, 0.3) is 0 Å². The van der Waals surface area contributed by atoms with E-state index in [1.807, 2.05) is 6.92 Å². The molecule has 12 nitrogen and oxygen atoms in total. The number of carbonyl (C=O) groups is 2. The molecule has 3 aromatic rings. The van der Waals surface area contributed by atoms with Crippen molar-refractivity contribution in [1.82, 2.24) is 14.4 Å². The van der Waals surface area contributed by atoms with Gasteiger partial charge in [0.15, 0.2) is 5.76 Å². The van der Waals surface area contributed by atoms with Gasteiger partial charge >= 0.3 is 12.2 Å². The van der Waals surface area contributed by atoms with Crippen molar-refractivity contribution in [2.24, 2.45) is 5.92 Å². The second-order valence-electron chi connectivity index (χ2n) is 11.3. The number of hydrogen-bond acceptors (Lipinski definition) is 8. The number of anilines is 2. The molecule has 0 saturated heterocycles. The first-order valence-electron chi connectivity index (χ1n) is 14.4. The monoisotopic (exact) mass is 667 g/mol. The van der Waals surface area contributed by atoms with Crippen LogP contribution in [0.1, 0.15) is 36.4 Å². The van der Waals surface area contributed by atoms with Crippen molar-refractivity contribution < 1.29 is 45.5 Å². The number of urea groups is 1. The van der Waals surface area contributed by atoms with Crippen LogP contribution in [0.15, 0.2) is 51.9 Å². The van der Waals surface area contributed by atoms with Crippen LogP contribution in [0.25, 0.3) is 0 Å². The summed E-state index contributed by atoms with van der Waals surface area (Å²) in [5.74, 6) is -0.268. The first kappa shape index (κ1) is 34.7. The molecule has 3 N–H and O–H groups in total. The summed E-state index contributed by atoms with van der Waals surface area (Å²) in [6.07, 6.45) is -5.41. The van der Waals surface area contributed by atoms with E-state index in [1.54, 1.807) is 13.0 Å². The highest BCUT2D eigenvalue weighted by molar-refractivity contribution is 7.89. The van der Waals surface area contributed by atoms with Crippen molar-refractivity contribution in [1.29, 1.82) is 0 Å². The Morgan fingerprint density at radius 3 is 2.37 bits per heavy atom. The molecule has 46 heavy (non-hydrogen) atoms. The number of amides is 3. The number of benzene rings is 2. The van der Waals surface area contributed by atoms with Gasteiger partial charge in [-0.2, -0.15) is 17.5 Å². The van der Waals surface area contributed by atoms with E-state index in [1.165, 1.54) is 37.9 Å². The van der Waals surface area contributed by atoms with Crippen LogP contribution in [0.3, 0.4) is 0 Å². The molecule has 0 aliphatic carbocycles. The summed E-state index contributed by atoms with van der Waals surface area (Å²) in [5, 5.41) is 18.7. The molecule has 1 aliphatic heterocycles. The number of fused-ring (bicyclic) bond motifs is 1. The Bertz CT molecular complexity index is 1660. The fourth-order valence-corrected chi connectivity index (χ4v) is 6.58. The number of likely N-dealkylation sites (N-methyl/N-ethyl adjacent to an activating group) is 1. The van der Waals surface area contributed by atoms with Gasteiger partial charge in [-0.25, -0.2) is 13.2 Å². The van der Waals surface area contributed by atoms with Gasteiger partial charge in [-0.05, 0) is 63.2 Å². The summed E-state index contributed by atoms with van der Waals surface area (Å²) in [6, 6.07) is 7.26. The molecule has 16 heteroatoms. The molecule has 0 fully saturated rings. The Labute approximate surface area is 264 Å². The van der Waals surface area contributed by atoms with Crippen molar-refractivity contribution in [3.8, 4) is 5.75 Å². The molecule has 0 saturated carbocycles. The number of aromatic nitrogens is 1. The average Bonchev–Trinajstić information content (AvgIpc) is 3.34. The zero-order valence-electron chi connectivity index (χ0n) is 25.9. The van der Waals surface area contributed by atoms with Gasteiger partial charge in [-0.15, -0.1) is 0 Å². The smallest absolute Gasteiger partial charge is 0.416 e. The molecule has 0 spiro atoms. The van der Waals surface area contributed by atoms with Crippen LogP contribution in [-0.2, 0) is 27.4 Å². The van der Waals surface area contributed by atoms with Gasteiger partial charge in [0.05, 0.1) is 31.2 Å². The van der Waals surface area contributed by atoms with Gasteiger partial charge in [-0.3, -0.25) is 4.79 Å². The van der Waals surface area contributed by atoms with E-state index in [0.717, 1.165) is 28.6 Å². The number of halogens is 3. The second kappa shape index (κ2) is 13.7. The Balaban J connectivity index is 1.60. The zero-order chi connectivity index (χ0) is 34.0. The van der Waals surface area contributed by atoms with Crippen LogP contribution in [0, 0.1) is 19.8 Å². The third kappa shape index (κ3) is 7.79. The van der Waals surface area contributed by atoms with Gasteiger partial charge < -0.3 is 29.9 Å². The van der Waals surface area contributed by atoms with Crippen molar-refractivity contribution in [2.75, 3.05) is 37.4 Å². The minimum atomic E-state index is -4.51. The van der Waals surface area contributed by atoms with Crippen LogP contribution in [0.4, 0.5) is 29.3 Å². The number of sulfonamides is 1.